The Labute approximate surface area is 428 Å². The number of phenolic OH excluding ortho intramolecular Hbond substituents is 2. The van der Waals surface area contributed by atoms with Crippen LogP contribution in [0.3, 0.4) is 0 Å². The van der Waals surface area contributed by atoms with Gasteiger partial charge in [0.25, 0.3) is 0 Å². The van der Waals surface area contributed by atoms with Gasteiger partial charge in [0, 0.05) is 50.7 Å². The fourth-order valence-electron chi connectivity index (χ4n) is 11.2. The molecule has 23 heteroatoms. The lowest BCUT2D eigenvalue weighted by atomic mass is 9.75. The third-order valence-corrected chi connectivity index (χ3v) is 15.6. The summed E-state index contributed by atoms with van der Waals surface area (Å²) in [5.74, 6) is -3.42. The van der Waals surface area contributed by atoms with E-state index in [0.717, 1.165) is 6.92 Å². The first-order chi connectivity index (χ1) is 34.8. The molecule has 24 atom stereocenters. The van der Waals surface area contributed by atoms with Crippen molar-refractivity contribution in [2.75, 3.05) is 7.11 Å². The number of carbonyl (C=O) groups excluding carboxylic acids is 2. The Morgan fingerprint density at radius 1 is 0.689 bits per heavy atom. The van der Waals surface area contributed by atoms with E-state index in [0.29, 0.717) is 0 Å². The van der Waals surface area contributed by atoms with Gasteiger partial charge in [-0.15, -0.1) is 0 Å². The second-order valence-electron chi connectivity index (χ2n) is 21.2. The van der Waals surface area contributed by atoms with Gasteiger partial charge >= 0.3 is 0 Å². The molecule has 5 aliphatic heterocycles. The Hall–Kier alpha value is -3.28. The van der Waals surface area contributed by atoms with Crippen LogP contribution >= 0.6 is 0 Å². The molecule has 416 valence electrons. The van der Waals surface area contributed by atoms with Crippen LogP contribution in [0.15, 0.2) is 12.1 Å². The Morgan fingerprint density at radius 3 is 1.70 bits per heavy atom. The fraction of sp³-hybridized carbons (Fsp3) is 0.765. The zero-order chi connectivity index (χ0) is 54.0. The number of ketones is 2. The van der Waals surface area contributed by atoms with Gasteiger partial charge in [0.05, 0.1) is 77.6 Å². The van der Waals surface area contributed by atoms with E-state index >= 15 is 0 Å². The predicted octanol–water partition coefficient (Wildman–Crippen LogP) is 0.390. The number of carbonyl (C=O) groups is 2. The molecule has 0 spiro atoms. The highest BCUT2D eigenvalue weighted by atomic mass is 16.7. The quantitative estimate of drug-likeness (QED) is 0.122. The lowest BCUT2D eigenvalue weighted by molar-refractivity contribution is -0.334. The van der Waals surface area contributed by atoms with E-state index in [1.54, 1.807) is 40.7 Å². The van der Waals surface area contributed by atoms with E-state index in [1.807, 2.05) is 0 Å². The average Bonchev–Trinajstić information content (AvgIpc) is 3.32. The van der Waals surface area contributed by atoms with Crippen molar-refractivity contribution in [1.29, 1.82) is 0 Å². The van der Waals surface area contributed by atoms with Crippen LogP contribution in [0.25, 0.3) is 10.8 Å². The van der Waals surface area contributed by atoms with Crippen molar-refractivity contribution in [3.8, 4) is 17.2 Å². The Bertz CT molecular complexity index is 2300. The topological polar surface area (TPSA) is 338 Å². The highest BCUT2D eigenvalue weighted by Crippen LogP contribution is 2.48. The van der Waals surface area contributed by atoms with E-state index in [9.17, 15) is 60.7 Å². The molecule has 0 bridgehead atoms. The lowest BCUT2D eigenvalue weighted by Gasteiger charge is -2.46. The Morgan fingerprint density at radius 2 is 1.18 bits per heavy atom. The summed E-state index contributed by atoms with van der Waals surface area (Å²) in [7, 11) is 1.26. The second-order valence-corrected chi connectivity index (χ2v) is 21.2. The number of fused-ring (bicyclic) bond motifs is 2. The molecular formula is C51H74O23. The van der Waals surface area contributed by atoms with Crippen molar-refractivity contribution < 1.29 is 113 Å². The van der Waals surface area contributed by atoms with E-state index in [4.69, 9.17) is 52.1 Å². The summed E-state index contributed by atoms with van der Waals surface area (Å²) < 4.78 is 66.6. The third-order valence-electron chi connectivity index (χ3n) is 15.6. The molecule has 0 amide bonds. The van der Waals surface area contributed by atoms with E-state index in [1.165, 1.54) is 27.0 Å². The largest absolute Gasteiger partial charge is 0.507 e. The van der Waals surface area contributed by atoms with Crippen molar-refractivity contribution in [3.05, 3.63) is 28.8 Å². The zero-order valence-electron chi connectivity index (χ0n) is 43.0. The molecule has 10 N–H and O–H groups in total. The summed E-state index contributed by atoms with van der Waals surface area (Å²) >= 11 is 0. The first-order valence-corrected chi connectivity index (χ1v) is 25.4. The van der Waals surface area contributed by atoms with Crippen LogP contribution in [0.2, 0.25) is 0 Å². The maximum Gasteiger partial charge on any atom is 0.202 e. The second kappa shape index (κ2) is 22.6. The lowest BCUT2D eigenvalue weighted by Crippen LogP contribution is -2.58. The summed E-state index contributed by atoms with van der Waals surface area (Å²) in [6.07, 6.45) is -24.2. The standard InChI is InChI=1S/C51H74O23/c1-18-29(70-34-14-30(43(57)21(4)66-34)71-33-13-28(53)42(56)20(3)65-33)12-26-10-25-11-27(48(64-9)41(55)19(2)52)49(47(61)39(25)46(60)38(26)40(18)54)74-36-16-31(44(58)23(6)68-36)72-35-15-32(45(59)22(5)67-35)73-37-17-51(8,63)50(62)24(7)69-37/h10,12,20-24,27-28,30-37,41-45,48-50,53-60,62-63H,11,13-17H2,1-9H3/t20?,21?,22?,23?,24?,27-,28+,30?,31+,32+,33-,34-,35-,36-,37-,41-,42+,43+,44+,45-,48-,49-,50+,51-/m0/s1. The molecule has 1 aliphatic carbocycles. The number of Topliss-reactive ketones (excluding diaryl/α,β-unsaturated/α-hetero) is 2. The van der Waals surface area contributed by atoms with Gasteiger partial charge in [0.1, 0.15) is 60.0 Å². The normalized spacial score (nSPS) is 42.9. The maximum atomic E-state index is 14.9. The van der Waals surface area contributed by atoms with E-state index in [2.05, 4.69) is 0 Å². The molecule has 5 saturated heterocycles. The first-order valence-electron chi connectivity index (χ1n) is 25.4. The number of benzene rings is 2. The molecule has 8 rings (SSSR count). The molecule has 2 aromatic carbocycles. The van der Waals surface area contributed by atoms with Gasteiger partial charge in [0.15, 0.2) is 36.7 Å². The van der Waals surface area contributed by atoms with Crippen LogP contribution in [-0.4, -0.2) is 211 Å². The summed E-state index contributed by atoms with van der Waals surface area (Å²) in [6, 6.07) is 3.11. The van der Waals surface area contributed by atoms with Crippen molar-refractivity contribution in [3.63, 3.8) is 0 Å². The molecule has 5 fully saturated rings. The Kier molecular flexibility index (Phi) is 17.4. The number of methoxy groups -OCH3 is 1. The monoisotopic (exact) mass is 1050 g/mol. The van der Waals surface area contributed by atoms with Gasteiger partial charge in [-0.2, -0.15) is 0 Å². The Balaban J connectivity index is 1.03. The number of rotatable bonds is 14. The number of hydrogen-bond acceptors (Lipinski definition) is 23. The molecule has 23 nitrogen and oxygen atoms in total. The number of hydrogen-bond donors (Lipinski definition) is 10. The molecule has 5 heterocycles. The van der Waals surface area contributed by atoms with Gasteiger partial charge in [-0.1, -0.05) is 0 Å². The highest BCUT2D eigenvalue weighted by molar-refractivity contribution is 6.11. The molecule has 2 aromatic rings. The number of aliphatic hydroxyl groups excluding tert-OH is 7. The van der Waals surface area contributed by atoms with Crippen LogP contribution in [0.1, 0.15) is 102 Å². The summed E-state index contributed by atoms with van der Waals surface area (Å²) in [4.78, 5) is 27.7. The van der Waals surface area contributed by atoms with Crippen LogP contribution < -0.4 is 4.74 Å². The van der Waals surface area contributed by atoms with Crippen LogP contribution in [0.4, 0.5) is 0 Å². The van der Waals surface area contributed by atoms with Crippen molar-refractivity contribution in [2.24, 2.45) is 5.92 Å². The van der Waals surface area contributed by atoms with Crippen LogP contribution in [-0.2, 0) is 58.6 Å². The SMILES string of the molecule is CO[C@@H]([C@@H]1Cc2cc3cc(O[C@H]4CC(O[C@H]5C[C@@H](O)[C@H](O)C(C)O5)[C@H](O)C(C)O4)c(C)c(O)c3c(O)c2C(=O)[C@H]1O[C@H]1C[C@@H](O[C@H]2C[C@@H](O[C@H]3C[C@](C)(O)[C@H](O)C(C)O3)[C@@H](O)C(C)O2)[C@H](O)C(C)O1)[C@@H](O)C(C)=O. The maximum absolute atomic E-state index is 14.9. The first kappa shape index (κ1) is 56.9. The van der Waals surface area contributed by atoms with Crippen LogP contribution in [0, 0.1) is 12.8 Å². The number of phenols is 2. The summed E-state index contributed by atoms with van der Waals surface area (Å²) in [5.41, 5.74) is -1.31. The van der Waals surface area contributed by atoms with E-state index < -0.39 is 170 Å². The molecule has 0 radical (unpaired) electrons. The zero-order valence-corrected chi connectivity index (χ0v) is 43.0. The number of aromatic hydroxyl groups is 2. The minimum Gasteiger partial charge on any atom is -0.507 e. The summed E-state index contributed by atoms with van der Waals surface area (Å²) in [6.45, 7) is 12.1. The fourth-order valence-corrected chi connectivity index (χ4v) is 11.2. The van der Waals surface area contributed by atoms with Crippen molar-refractivity contribution in [2.45, 2.75) is 235 Å². The molecule has 6 aliphatic rings. The minimum absolute atomic E-state index is 0.0165. The van der Waals surface area contributed by atoms with Gasteiger partial charge in [0.2, 0.25) is 6.29 Å². The molecule has 0 saturated carbocycles. The molecular weight excluding hydrogens is 981 g/mol. The number of aliphatic hydroxyl groups is 8. The smallest absolute Gasteiger partial charge is 0.202 e. The summed E-state index contributed by atoms with van der Waals surface area (Å²) in [5, 5.41) is 110. The van der Waals surface area contributed by atoms with Crippen LogP contribution in [0.5, 0.6) is 17.2 Å². The minimum atomic E-state index is -1.72. The average molecular weight is 1060 g/mol. The van der Waals surface area contributed by atoms with E-state index in [-0.39, 0.29) is 71.7 Å². The van der Waals surface area contributed by atoms with Crippen molar-refractivity contribution >= 4 is 22.3 Å². The molecule has 6 unspecified atom stereocenters. The highest BCUT2D eigenvalue weighted by Gasteiger charge is 2.51. The molecule has 74 heavy (non-hydrogen) atoms. The molecule has 0 aromatic heterocycles. The van der Waals surface area contributed by atoms with Crippen molar-refractivity contribution in [1.82, 2.24) is 0 Å². The van der Waals surface area contributed by atoms with Gasteiger partial charge in [-0.05, 0) is 84.9 Å². The third kappa shape index (κ3) is 11.5. The van der Waals surface area contributed by atoms with Gasteiger partial charge < -0.3 is 103 Å². The van der Waals surface area contributed by atoms with Gasteiger partial charge in [-0.25, -0.2) is 0 Å². The van der Waals surface area contributed by atoms with Gasteiger partial charge in [-0.3, -0.25) is 9.59 Å². The number of ether oxygens (including phenoxy) is 11. The predicted molar refractivity (Wildman–Crippen MR) is 253 cm³/mol.